The number of carboxylic acid groups (broad SMARTS) is 1. The van der Waals surface area contributed by atoms with Gasteiger partial charge in [0.15, 0.2) is 0 Å². The zero-order chi connectivity index (χ0) is 18.5. The summed E-state index contributed by atoms with van der Waals surface area (Å²) in [7, 11) is 0. The van der Waals surface area contributed by atoms with Crippen molar-refractivity contribution in [2.24, 2.45) is 0 Å². The summed E-state index contributed by atoms with van der Waals surface area (Å²) in [5.74, 6) is -1.72. The van der Waals surface area contributed by atoms with Gasteiger partial charge in [-0.05, 0) is 23.6 Å². The number of para-hydroxylation sites is 1. The minimum atomic E-state index is -1.10. The van der Waals surface area contributed by atoms with Gasteiger partial charge in [-0.2, -0.15) is 0 Å². The van der Waals surface area contributed by atoms with Crippen molar-refractivity contribution >= 4 is 23.5 Å². The molecule has 1 aliphatic rings. The standard InChI is InChI=1S/C20H20N2O4/c23-18(21-16(20(25)26)12-14-6-2-1-3-7-14)13-22-17-9-5-4-8-15(17)10-11-19(22)24/h1-9,16H,10-13H2,(H,21,23)(H,25,26). The molecule has 0 aromatic heterocycles. The van der Waals surface area contributed by atoms with Crippen LogP contribution in [0.3, 0.4) is 0 Å². The van der Waals surface area contributed by atoms with E-state index in [4.69, 9.17) is 0 Å². The Morgan fingerprint density at radius 1 is 1.04 bits per heavy atom. The minimum Gasteiger partial charge on any atom is -0.480 e. The SMILES string of the molecule is O=C(CN1C(=O)CCc2ccccc21)NC(Cc1ccccc1)C(=O)O. The Kier molecular flexibility index (Phi) is 5.31. The van der Waals surface area contributed by atoms with Crippen LogP contribution in [0, 0.1) is 0 Å². The van der Waals surface area contributed by atoms with Crippen molar-refractivity contribution in [2.45, 2.75) is 25.3 Å². The summed E-state index contributed by atoms with van der Waals surface area (Å²) in [6.45, 7) is -0.186. The van der Waals surface area contributed by atoms with E-state index >= 15 is 0 Å². The highest BCUT2D eigenvalue weighted by atomic mass is 16.4. The van der Waals surface area contributed by atoms with Crippen LogP contribution in [-0.2, 0) is 27.2 Å². The summed E-state index contributed by atoms with van der Waals surface area (Å²) in [6.07, 6.45) is 1.18. The van der Waals surface area contributed by atoms with E-state index in [1.807, 2.05) is 48.5 Å². The van der Waals surface area contributed by atoms with Crippen LogP contribution in [0.1, 0.15) is 17.5 Å². The fraction of sp³-hybridized carbons (Fsp3) is 0.250. The highest BCUT2D eigenvalue weighted by Crippen LogP contribution is 2.27. The summed E-state index contributed by atoms with van der Waals surface area (Å²) >= 11 is 0. The summed E-state index contributed by atoms with van der Waals surface area (Å²) in [5, 5.41) is 11.9. The number of anilines is 1. The smallest absolute Gasteiger partial charge is 0.326 e. The molecule has 1 aliphatic heterocycles. The molecule has 0 bridgehead atoms. The molecule has 1 heterocycles. The molecule has 3 rings (SSSR count). The number of aryl methyl sites for hydroxylation is 1. The van der Waals surface area contributed by atoms with Crippen molar-refractivity contribution in [3.63, 3.8) is 0 Å². The molecule has 0 spiro atoms. The maximum Gasteiger partial charge on any atom is 0.326 e. The predicted molar refractivity (Wildman–Crippen MR) is 96.8 cm³/mol. The molecule has 26 heavy (non-hydrogen) atoms. The number of carbonyl (C=O) groups is 3. The van der Waals surface area contributed by atoms with Crippen molar-refractivity contribution in [1.82, 2.24) is 5.32 Å². The fourth-order valence-corrected chi connectivity index (χ4v) is 3.10. The van der Waals surface area contributed by atoms with Crippen molar-refractivity contribution in [2.75, 3.05) is 11.4 Å². The lowest BCUT2D eigenvalue weighted by molar-refractivity contribution is -0.141. The van der Waals surface area contributed by atoms with Gasteiger partial charge in [0.25, 0.3) is 0 Å². The molecule has 0 radical (unpaired) electrons. The Balaban J connectivity index is 1.69. The van der Waals surface area contributed by atoms with Crippen molar-refractivity contribution in [3.8, 4) is 0 Å². The third kappa shape index (κ3) is 4.08. The number of fused-ring (bicyclic) bond motifs is 1. The first-order valence-electron chi connectivity index (χ1n) is 8.49. The average Bonchev–Trinajstić information content (AvgIpc) is 2.64. The topological polar surface area (TPSA) is 86.7 Å². The van der Waals surface area contributed by atoms with Gasteiger partial charge in [-0.3, -0.25) is 9.59 Å². The van der Waals surface area contributed by atoms with Crippen molar-refractivity contribution in [3.05, 3.63) is 65.7 Å². The molecule has 0 saturated heterocycles. The lowest BCUT2D eigenvalue weighted by Gasteiger charge is -2.29. The number of carboxylic acids is 1. The normalized spacial score (nSPS) is 14.5. The molecule has 0 aliphatic carbocycles. The lowest BCUT2D eigenvalue weighted by atomic mass is 10.0. The zero-order valence-corrected chi connectivity index (χ0v) is 14.2. The van der Waals surface area contributed by atoms with Gasteiger partial charge >= 0.3 is 5.97 Å². The van der Waals surface area contributed by atoms with Crippen LogP contribution in [-0.4, -0.2) is 35.5 Å². The number of hydrogen-bond acceptors (Lipinski definition) is 3. The molecule has 6 heteroatoms. The number of aliphatic carboxylic acids is 1. The number of nitrogens with zero attached hydrogens (tertiary/aromatic N) is 1. The van der Waals surface area contributed by atoms with Crippen LogP contribution < -0.4 is 10.2 Å². The van der Waals surface area contributed by atoms with E-state index in [-0.39, 0.29) is 18.9 Å². The summed E-state index contributed by atoms with van der Waals surface area (Å²) in [6, 6.07) is 15.5. The van der Waals surface area contributed by atoms with Gasteiger partial charge in [0.1, 0.15) is 12.6 Å². The fourth-order valence-electron chi connectivity index (χ4n) is 3.10. The monoisotopic (exact) mass is 352 g/mol. The first-order valence-corrected chi connectivity index (χ1v) is 8.49. The summed E-state index contributed by atoms with van der Waals surface area (Å²) in [5.41, 5.74) is 2.55. The summed E-state index contributed by atoms with van der Waals surface area (Å²) in [4.78, 5) is 37.6. The first-order chi connectivity index (χ1) is 12.5. The average molecular weight is 352 g/mol. The molecule has 1 unspecified atom stereocenters. The van der Waals surface area contributed by atoms with E-state index in [1.165, 1.54) is 4.90 Å². The number of benzene rings is 2. The van der Waals surface area contributed by atoms with Gasteiger partial charge in [-0.1, -0.05) is 48.5 Å². The number of hydrogen-bond donors (Lipinski definition) is 2. The zero-order valence-electron chi connectivity index (χ0n) is 14.2. The van der Waals surface area contributed by atoms with E-state index < -0.39 is 17.9 Å². The second kappa shape index (κ2) is 7.82. The van der Waals surface area contributed by atoms with Gasteiger partial charge in [0.2, 0.25) is 11.8 Å². The van der Waals surface area contributed by atoms with Crippen LogP contribution in [0.4, 0.5) is 5.69 Å². The van der Waals surface area contributed by atoms with Crippen molar-refractivity contribution < 1.29 is 19.5 Å². The van der Waals surface area contributed by atoms with Crippen LogP contribution in [0.5, 0.6) is 0 Å². The summed E-state index contributed by atoms with van der Waals surface area (Å²) < 4.78 is 0. The van der Waals surface area contributed by atoms with Gasteiger partial charge in [0.05, 0.1) is 0 Å². The van der Waals surface area contributed by atoms with E-state index in [1.54, 1.807) is 6.07 Å². The molecule has 1 atom stereocenters. The Morgan fingerprint density at radius 3 is 2.46 bits per heavy atom. The highest BCUT2D eigenvalue weighted by Gasteiger charge is 2.27. The van der Waals surface area contributed by atoms with Gasteiger partial charge in [0, 0.05) is 18.5 Å². The van der Waals surface area contributed by atoms with E-state index in [2.05, 4.69) is 5.32 Å². The molecule has 2 N–H and O–H groups in total. The Hall–Kier alpha value is -3.15. The lowest BCUT2D eigenvalue weighted by Crippen LogP contribution is -2.48. The minimum absolute atomic E-state index is 0.131. The molecule has 0 fully saturated rings. The largest absolute Gasteiger partial charge is 0.480 e. The van der Waals surface area contributed by atoms with E-state index in [0.29, 0.717) is 18.5 Å². The molecule has 0 saturated carbocycles. The number of rotatable bonds is 6. The van der Waals surface area contributed by atoms with Gasteiger partial charge in [-0.25, -0.2) is 4.79 Å². The van der Waals surface area contributed by atoms with Crippen LogP contribution in [0.25, 0.3) is 0 Å². The van der Waals surface area contributed by atoms with Gasteiger partial charge in [-0.15, -0.1) is 0 Å². The quantitative estimate of drug-likeness (QED) is 0.830. The Morgan fingerprint density at radius 2 is 1.73 bits per heavy atom. The molecule has 134 valence electrons. The van der Waals surface area contributed by atoms with E-state index in [9.17, 15) is 19.5 Å². The maximum absolute atomic E-state index is 12.4. The Labute approximate surface area is 151 Å². The second-order valence-corrected chi connectivity index (χ2v) is 6.26. The second-order valence-electron chi connectivity index (χ2n) is 6.26. The molecule has 2 aromatic rings. The number of nitrogens with one attached hydrogen (secondary N) is 1. The number of carbonyl (C=O) groups excluding carboxylic acids is 2. The van der Waals surface area contributed by atoms with Gasteiger partial charge < -0.3 is 15.3 Å². The maximum atomic E-state index is 12.4. The Bertz CT molecular complexity index is 820. The molecule has 2 amide bonds. The molecule has 2 aromatic carbocycles. The van der Waals surface area contributed by atoms with Crippen LogP contribution >= 0.6 is 0 Å². The molecular formula is C20H20N2O4. The first kappa shape index (κ1) is 17.7. The van der Waals surface area contributed by atoms with Crippen LogP contribution in [0.2, 0.25) is 0 Å². The molecule has 6 nitrogen and oxygen atoms in total. The third-order valence-electron chi connectivity index (χ3n) is 4.41. The van der Waals surface area contributed by atoms with Crippen molar-refractivity contribution in [1.29, 1.82) is 0 Å². The van der Waals surface area contributed by atoms with Crippen LogP contribution in [0.15, 0.2) is 54.6 Å². The predicted octanol–water partition coefficient (Wildman–Crippen LogP) is 1.78. The highest BCUT2D eigenvalue weighted by molar-refractivity contribution is 6.01. The number of amides is 2. The van der Waals surface area contributed by atoms with E-state index in [0.717, 1.165) is 11.1 Å². The molecular weight excluding hydrogens is 332 g/mol. The third-order valence-corrected chi connectivity index (χ3v) is 4.41.